The van der Waals surface area contributed by atoms with Crippen LogP contribution in [0.4, 0.5) is 0 Å². The molecule has 0 heterocycles. The molecule has 0 aromatic heterocycles. The van der Waals surface area contributed by atoms with E-state index in [-0.39, 0.29) is 11.2 Å². The van der Waals surface area contributed by atoms with Crippen molar-refractivity contribution < 1.29 is 15.1 Å². The molecule has 0 amide bonds. The summed E-state index contributed by atoms with van der Waals surface area (Å²) in [5.74, 6) is 0.866. The SMILES string of the molecule is COc1ccc(O)c2c1/C(=N/O)CCC2(C)C. The molecule has 2 rings (SSSR count). The van der Waals surface area contributed by atoms with Gasteiger partial charge in [0.25, 0.3) is 0 Å². The van der Waals surface area contributed by atoms with E-state index in [2.05, 4.69) is 19.0 Å². The van der Waals surface area contributed by atoms with Crippen LogP contribution in [0.25, 0.3) is 0 Å². The minimum absolute atomic E-state index is 0.151. The number of benzene rings is 1. The van der Waals surface area contributed by atoms with Crippen molar-refractivity contribution in [1.82, 2.24) is 0 Å². The quantitative estimate of drug-likeness (QED) is 0.581. The number of aromatic hydroxyl groups is 1. The zero-order valence-electron chi connectivity index (χ0n) is 10.3. The van der Waals surface area contributed by atoms with Crippen molar-refractivity contribution in [3.63, 3.8) is 0 Å². The molecule has 0 bridgehead atoms. The maximum absolute atomic E-state index is 10.0. The largest absolute Gasteiger partial charge is 0.508 e. The lowest BCUT2D eigenvalue weighted by Crippen LogP contribution is -2.28. The number of methoxy groups -OCH3 is 1. The smallest absolute Gasteiger partial charge is 0.128 e. The highest BCUT2D eigenvalue weighted by Crippen LogP contribution is 2.45. The van der Waals surface area contributed by atoms with Crippen molar-refractivity contribution in [2.24, 2.45) is 5.16 Å². The fourth-order valence-corrected chi connectivity index (χ4v) is 2.50. The van der Waals surface area contributed by atoms with Crippen LogP contribution in [0, 0.1) is 0 Å². The minimum Gasteiger partial charge on any atom is -0.508 e. The summed E-state index contributed by atoms with van der Waals surface area (Å²) in [5.41, 5.74) is 1.96. The van der Waals surface area contributed by atoms with E-state index in [1.807, 2.05) is 0 Å². The Bertz CT molecular complexity index is 478. The van der Waals surface area contributed by atoms with E-state index >= 15 is 0 Å². The predicted molar refractivity (Wildman–Crippen MR) is 65.2 cm³/mol. The van der Waals surface area contributed by atoms with Gasteiger partial charge in [0.2, 0.25) is 0 Å². The van der Waals surface area contributed by atoms with Crippen LogP contribution in [-0.4, -0.2) is 23.1 Å². The molecule has 4 nitrogen and oxygen atoms in total. The van der Waals surface area contributed by atoms with Gasteiger partial charge in [-0.3, -0.25) is 0 Å². The first-order chi connectivity index (χ1) is 8.01. The lowest BCUT2D eigenvalue weighted by atomic mass is 9.71. The van der Waals surface area contributed by atoms with Crippen LogP contribution in [0.1, 0.15) is 37.8 Å². The number of hydrogen-bond acceptors (Lipinski definition) is 4. The van der Waals surface area contributed by atoms with E-state index in [9.17, 15) is 5.11 Å². The van der Waals surface area contributed by atoms with Crippen molar-refractivity contribution >= 4 is 5.71 Å². The van der Waals surface area contributed by atoms with Crippen molar-refractivity contribution in [3.05, 3.63) is 23.3 Å². The van der Waals surface area contributed by atoms with Gasteiger partial charge in [0.05, 0.1) is 12.8 Å². The van der Waals surface area contributed by atoms with E-state index in [0.29, 0.717) is 17.9 Å². The van der Waals surface area contributed by atoms with Crippen LogP contribution in [0.5, 0.6) is 11.5 Å². The van der Waals surface area contributed by atoms with Gasteiger partial charge in [0.15, 0.2) is 0 Å². The fourth-order valence-electron chi connectivity index (χ4n) is 2.50. The summed E-state index contributed by atoms with van der Waals surface area (Å²) in [6, 6.07) is 3.32. The van der Waals surface area contributed by atoms with Gasteiger partial charge >= 0.3 is 0 Å². The van der Waals surface area contributed by atoms with Crippen molar-refractivity contribution in [1.29, 1.82) is 0 Å². The number of phenols is 1. The van der Waals surface area contributed by atoms with Gasteiger partial charge in [-0.25, -0.2) is 0 Å². The standard InChI is InChI=1S/C13H17NO3/c1-13(2)7-6-8(14-16)11-10(17-3)5-4-9(15)12(11)13/h4-5,15-16H,6-7H2,1-3H3/b14-8+. The third-order valence-corrected chi connectivity index (χ3v) is 3.44. The average molecular weight is 235 g/mol. The number of hydrogen-bond donors (Lipinski definition) is 2. The van der Waals surface area contributed by atoms with Crippen LogP contribution in [-0.2, 0) is 5.41 Å². The number of ether oxygens (including phenoxy) is 1. The zero-order chi connectivity index (χ0) is 12.6. The Morgan fingerprint density at radius 2 is 2.06 bits per heavy atom. The van der Waals surface area contributed by atoms with Gasteiger partial charge in [0.1, 0.15) is 11.5 Å². The summed E-state index contributed by atoms with van der Waals surface area (Å²) in [4.78, 5) is 0. The predicted octanol–water partition coefficient (Wildman–Crippen LogP) is 2.65. The second-order valence-electron chi connectivity index (χ2n) is 4.97. The molecule has 0 fully saturated rings. The molecule has 1 aliphatic carbocycles. The van der Waals surface area contributed by atoms with Crippen molar-refractivity contribution in [2.45, 2.75) is 32.1 Å². The molecule has 0 radical (unpaired) electrons. The van der Waals surface area contributed by atoms with Crippen LogP contribution in [0.3, 0.4) is 0 Å². The van der Waals surface area contributed by atoms with E-state index < -0.39 is 0 Å². The Hall–Kier alpha value is -1.71. The maximum atomic E-state index is 10.0. The fraction of sp³-hybridized carbons (Fsp3) is 0.462. The first-order valence-corrected chi connectivity index (χ1v) is 5.63. The summed E-state index contributed by atoms with van der Waals surface area (Å²) in [6.07, 6.45) is 1.51. The maximum Gasteiger partial charge on any atom is 0.128 e. The van der Waals surface area contributed by atoms with Gasteiger partial charge in [-0.1, -0.05) is 19.0 Å². The lowest BCUT2D eigenvalue weighted by Gasteiger charge is -2.34. The highest BCUT2D eigenvalue weighted by molar-refractivity contribution is 6.05. The monoisotopic (exact) mass is 235 g/mol. The molecule has 92 valence electrons. The van der Waals surface area contributed by atoms with E-state index in [1.54, 1.807) is 19.2 Å². The minimum atomic E-state index is -0.151. The van der Waals surface area contributed by atoms with E-state index in [4.69, 9.17) is 9.94 Å². The average Bonchev–Trinajstić information content (AvgIpc) is 2.29. The molecule has 0 saturated heterocycles. The van der Waals surface area contributed by atoms with Gasteiger partial charge < -0.3 is 15.1 Å². The second-order valence-corrected chi connectivity index (χ2v) is 4.97. The van der Waals surface area contributed by atoms with Crippen LogP contribution < -0.4 is 4.74 Å². The molecular weight excluding hydrogens is 218 g/mol. The molecule has 1 aromatic carbocycles. The third kappa shape index (κ3) is 1.73. The summed E-state index contributed by atoms with van der Waals surface area (Å²) < 4.78 is 5.29. The van der Waals surface area contributed by atoms with Gasteiger partial charge in [-0.15, -0.1) is 0 Å². The molecule has 17 heavy (non-hydrogen) atoms. The first kappa shape index (κ1) is 11.8. The van der Waals surface area contributed by atoms with Crippen LogP contribution in [0.2, 0.25) is 0 Å². The number of fused-ring (bicyclic) bond motifs is 1. The molecule has 0 saturated carbocycles. The molecule has 0 atom stereocenters. The lowest BCUT2D eigenvalue weighted by molar-refractivity contribution is 0.314. The Kier molecular flexibility index (Phi) is 2.73. The van der Waals surface area contributed by atoms with Gasteiger partial charge in [-0.05, 0) is 30.4 Å². The topological polar surface area (TPSA) is 62.0 Å². The molecule has 2 N–H and O–H groups in total. The summed E-state index contributed by atoms with van der Waals surface area (Å²) in [7, 11) is 1.57. The van der Waals surface area contributed by atoms with E-state index in [1.165, 1.54) is 0 Å². The summed E-state index contributed by atoms with van der Waals surface area (Å²) >= 11 is 0. The van der Waals surface area contributed by atoms with Crippen LogP contribution >= 0.6 is 0 Å². The normalized spacial score (nSPS) is 20.1. The van der Waals surface area contributed by atoms with Gasteiger partial charge in [0, 0.05) is 11.1 Å². The van der Waals surface area contributed by atoms with Gasteiger partial charge in [-0.2, -0.15) is 0 Å². The first-order valence-electron chi connectivity index (χ1n) is 5.63. The zero-order valence-corrected chi connectivity index (χ0v) is 10.3. The molecular formula is C13H17NO3. The molecule has 1 aromatic rings. The highest BCUT2D eigenvalue weighted by Gasteiger charge is 2.35. The number of rotatable bonds is 1. The number of oxime groups is 1. The van der Waals surface area contributed by atoms with Crippen LogP contribution in [0.15, 0.2) is 17.3 Å². The Labute approximate surface area is 101 Å². The summed E-state index contributed by atoms with van der Waals surface area (Å²) in [6.45, 7) is 4.14. The molecule has 0 aliphatic heterocycles. The molecule has 0 unspecified atom stereocenters. The highest BCUT2D eigenvalue weighted by atomic mass is 16.5. The Morgan fingerprint density at radius 1 is 1.35 bits per heavy atom. The Balaban J connectivity index is 2.78. The van der Waals surface area contributed by atoms with Crippen molar-refractivity contribution in [2.75, 3.05) is 7.11 Å². The second kappa shape index (κ2) is 3.95. The number of nitrogens with zero attached hydrogens (tertiary/aromatic N) is 1. The Morgan fingerprint density at radius 3 is 2.65 bits per heavy atom. The number of phenolic OH excluding ortho intramolecular Hbond substituents is 1. The molecule has 0 spiro atoms. The molecule has 4 heteroatoms. The van der Waals surface area contributed by atoms with E-state index in [0.717, 1.165) is 17.5 Å². The third-order valence-electron chi connectivity index (χ3n) is 3.44. The van der Waals surface area contributed by atoms with Crippen molar-refractivity contribution in [3.8, 4) is 11.5 Å². The molecule has 1 aliphatic rings. The summed E-state index contributed by atoms with van der Waals surface area (Å²) in [5, 5.41) is 22.4.